The summed E-state index contributed by atoms with van der Waals surface area (Å²) >= 11 is 0. The summed E-state index contributed by atoms with van der Waals surface area (Å²) < 4.78 is 49.4. The van der Waals surface area contributed by atoms with Gasteiger partial charge < -0.3 is 4.74 Å². The SMILES string of the molecule is CCN(CC)Cc1cc(S(=O)(=O)NC(C)c2cc(F)cc(C(C)C)c2OC#N)nn1C. The summed E-state index contributed by atoms with van der Waals surface area (Å²) in [6, 6.07) is 3.15. The molecule has 0 saturated heterocycles. The number of hydrogen-bond acceptors (Lipinski definition) is 6. The molecule has 0 radical (unpaired) electrons. The Bertz CT molecular complexity index is 1060. The average molecular weight is 452 g/mol. The minimum Gasteiger partial charge on any atom is -0.387 e. The Morgan fingerprint density at radius 1 is 1.23 bits per heavy atom. The molecule has 1 aromatic carbocycles. The highest BCUT2D eigenvalue weighted by Gasteiger charge is 2.26. The van der Waals surface area contributed by atoms with Crippen molar-refractivity contribution in [1.29, 1.82) is 5.26 Å². The molecule has 0 saturated carbocycles. The van der Waals surface area contributed by atoms with Crippen LogP contribution in [0.4, 0.5) is 4.39 Å². The quantitative estimate of drug-likeness (QED) is 0.556. The van der Waals surface area contributed by atoms with Crippen LogP contribution in [0.5, 0.6) is 5.75 Å². The lowest BCUT2D eigenvalue weighted by molar-refractivity contribution is 0.287. The molecule has 2 rings (SSSR count). The van der Waals surface area contributed by atoms with Crippen LogP contribution in [0.3, 0.4) is 0 Å². The average Bonchev–Trinajstić information content (AvgIpc) is 3.08. The van der Waals surface area contributed by atoms with Gasteiger partial charge in [-0.05, 0) is 38.1 Å². The number of hydrogen-bond donors (Lipinski definition) is 1. The van der Waals surface area contributed by atoms with Crippen molar-refractivity contribution in [2.45, 2.75) is 58.1 Å². The zero-order valence-electron chi connectivity index (χ0n) is 18.8. The largest absolute Gasteiger partial charge is 0.387 e. The van der Waals surface area contributed by atoms with E-state index in [9.17, 15) is 12.8 Å². The van der Waals surface area contributed by atoms with Gasteiger partial charge in [0.1, 0.15) is 5.82 Å². The Morgan fingerprint density at radius 2 is 1.84 bits per heavy atom. The summed E-state index contributed by atoms with van der Waals surface area (Å²) in [7, 11) is -2.30. The summed E-state index contributed by atoms with van der Waals surface area (Å²) in [6.07, 6.45) is 1.61. The third-order valence-corrected chi connectivity index (χ3v) is 6.60. The van der Waals surface area contributed by atoms with Gasteiger partial charge in [0.25, 0.3) is 16.3 Å². The Hall–Kier alpha value is -2.48. The van der Waals surface area contributed by atoms with Crippen molar-refractivity contribution < 1.29 is 17.5 Å². The third kappa shape index (κ3) is 5.81. The maximum atomic E-state index is 14.2. The lowest BCUT2D eigenvalue weighted by Crippen LogP contribution is -2.28. The van der Waals surface area contributed by atoms with E-state index in [0.717, 1.165) is 18.8 Å². The first-order valence-electron chi connectivity index (χ1n) is 10.2. The highest BCUT2D eigenvalue weighted by Crippen LogP contribution is 2.35. The first-order chi connectivity index (χ1) is 14.5. The molecule has 1 atom stereocenters. The zero-order chi connectivity index (χ0) is 23.3. The molecule has 1 heterocycles. The molecule has 1 unspecified atom stereocenters. The lowest BCUT2D eigenvalue weighted by Gasteiger charge is -2.20. The van der Waals surface area contributed by atoms with Gasteiger partial charge in [-0.1, -0.05) is 27.7 Å². The molecular formula is C21H30FN5O3S. The molecule has 0 aliphatic heterocycles. The normalized spacial score (nSPS) is 12.9. The van der Waals surface area contributed by atoms with Crippen LogP contribution in [0.2, 0.25) is 0 Å². The van der Waals surface area contributed by atoms with Crippen molar-refractivity contribution in [2.75, 3.05) is 13.1 Å². The summed E-state index contributed by atoms with van der Waals surface area (Å²) in [6.45, 7) is 11.5. The second kappa shape index (κ2) is 10.2. The maximum Gasteiger partial charge on any atom is 0.292 e. The van der Waals surface area contributed by atoms with Gasteiger partial charge in [-0.25, -0.2) is 17.5 Å². The number of nitrogens with zero attached hydrogens (tertiary/aromatic N) is 4. The van der Waals surface area contributed by atoms with Gasteiger partial charge in [0.2, 0.25) is 0 Å². The molecule has 2 aromatic rings. The molecule has 1 N–H and O–H groups in total. The van der Waals surface area contributed by atoms with Crippen molar-refractivity contribution in [3.8, 4) is 12.0 Å². The van der Waals surface area contributed by atoms with Crippen LogP contribution in [0, 0.1) is 17.3 Å². The standard InChI is InChI=1S/C21H30FN5O3S/c1-7-27(8-2)12-17-11-20(24-26(17)6)31(28,29)25-15(5)19-10-16(22)9-18(14(3)4)21(19)30-13-23/h9-11,14-15,25H,7-8,12H2,1-6H3. The van der Waals surface area contributed by atoms with Crippen LogP contribution in [0.25, 0.3) is 0 Å². The molecule has 0 aliphatic carbocycles. The second-order valence-corrected chi connectivity index (χ2v) is 9.32. The number of halogens is 1. The molecule has 1 aromatic heterocycles. The summed E-state index contributed by atoms with van der Waals surface area (Å²) in [4.78, 5) is 2.15. The van der Waals surface area contributed by atoms with Gasteiger partial charge in [-0.15, -0.1) is 5.26 Å². The van der Waals surface area contributed by atoms with E-state index in [1.807, 2.05) is 27.7 Å². The Labute approximate surface area is 183 Å². The monoisotopic (exact) mass is 451 g/mol. The summed E-state index contributed by atoms with van der Waals surface area (Å²) in [5.74, 6) is -0.494. The van der Waals surface area contributed by atoms with Gasteiger partial charge in [0, 0.05) is 36.8 Å². The Balaban J connectivity index is 2.38. The number of nitrogens with one attached hydrogen (secondary N) is 1. The summed E-state index contributed by atoms with van der Waals surface area (Å²) in [5.41, 5.74) is 1.49. The first kappa shape index (κ1) is 24.8. The molecule has 170 valence electrons. The van der Waals surface area contributed by atoms with Gasteiger partial charge in [-0.2, -0.15) is 5.10 Å². The van der Waals surface area contributed by atoms with Gasteiger partial charge in [0.15, 0.2) is 10.8 Å². The van der Waals surface area contributed by atoms with Crippen LogP contribution < -0.4 is 9.46 Å². The summed E-state index contributed by atoms with van der Waals surface area (Å²) in [5, 5.41) is 13.1. The predicted molar refractivity (Wildman–Crippen MR) is 115 cm³/mol. The van der Waals surface area contributed by atoms with Crippen molar-refractivity contribution >= 4 is 10.0 Å². The number of aromatic nitrogens is 2. The van der Waals surface area contributed by atoms with E-state index in [2.05, 4.69) is 14.7 Å². The van der Waals surface area contributed by atoms with Gasteiger partial charge in [-0.3, -0.25) is 9.58 Å². The van der Waals surface area contributed by atoms with Crippen molar-refractivity contribution in [2.24, 2.45) is 7.05 Å². The molecule has 0 fully saturated rings. The number of rotatable bonds is 10. The molecule has 8 nitrogen and oxygen atoms in total. The van der Waals surface area contributed by atoms with Crippen LogP contribution in [0.15, 0.2) is 23.2 Å². The van der Waals surface area contributed by atoms with Crippen molar-refractivity contribution in [3.63, 3.8) is 0 Å². The number of ether oxygens (including phenoxy) is 1. The topological polar surface area (TPSA) is 100 Å². The van der Waals surface area contributed by atoms with E-state index in [0.29, 0.717) is 12.1 Å². The smallest absolute Gasteiger partial charge is 0.292 e. The van der Waals surface area contributed by atoms with Crippen molar-refractivity contribution in [3.05, 3.63) is 40.8 Å². The van der Waals surface area contributed by atoms with Crippen LogP contribution in [-0.2, 0) is 23.6 Å². The van der Waals surface area contributed by atoms with Crippen LogP contribution in [0.1, 0.15) is 63.4 Å². The third-order valence-electron chi connectivity index (χ3n) is 5.19. The number of aryl methyl sites for hydroxylation is 1. The van der Waals surface area contributed by atoms with E-state index >= 15 is 0 Å². The molecule has 0 aliphatic rings. The van der Waals surface area contributed by atoms with E-state index in [1.54, 1.807) is 24.9 Å². The maximum absolute atomic E-state index is 14.2. The fraction of sp³-hybridized carbons (Fsp3) is 0.524. The fourth-order valence-electron chi connectivity index (χ4n) is 3.34. The van der Waals surface area contributed by atoms with E-state index in [-0.39, 0.29) is 22.3 Å². The number of benzene rings is 1. The fourth-order valence-corrected chi connectivity index (χ4v) is 4.57. The minimum atomic E-state index is -4.00. The first-order valence-corrected chi connectivity index (χ1v) is 11.7. The molecule has 0 amide bonds. The highest BCUT2D eigenvalue weighted by molar-refractivity contribution is 7.89. The molecular weight excluding hydrogens is 421 g/mol. The lowest BCUT2D eigenvalue weighted by atomic mass is 9.96. The van der Waals surface area contributed by atoms with Crippen LogP contribution >= 0.6 is 0 Å². The Kier molecular flexibility index (Phi) is 8.17. The van der Waals surface area contributed by atoms with E-state index in [1.165, 1.54) is 18.2 Å². The van der Waals surface area contributed by atoms with Gasteiger partial charge >= 0.3 is 0 Å². The highest BCUT2D eigenvalue weighted by atomic mass is 32.2. The zero-order valence-corrected chi connectivity index (χ0v) is 19.6. The van der Waals surface area contributed by atoms with E-state index < -0.39 is 21.9 Å². The molecule has 31 heavy (non-hydrogen) atoms. The predicted octanol–water partition coefficient (Wildman–Crippen LogP) is 3.42. The van der Waals surface area contributed by atoms with Gasteiger partial charge in [0.05, 0.1) is 5.69 Å². The minimum absolute atomic E-state index is 0.118. The number of sulfonamides is 1. The van der Waals surface area contributed by atoms with Crippen LogP contribution in [-0.4, -0.2) is 36.2 Å². The second-order valence-electron chi connectivity index (χ2n) is 7.66. The Morgan fingerprint density at radius 3 is 2.39 bits per heavy atom. The molecule has 0 bridgehead atoms. The number of nitriles is 1. The van der Waals surface area contributed by atoms with Crippen molar-refractivity contribution in [1.82, 2.24) is 19.4 Å². The molecule has 10 heteroatoms. The molecule has 0 spiro atoms. The van der Waals surface area contributed by atoms with E-state index in [4.69, 9.17) is 10.00 Å².